The van der Waals surface area contributed by atoms with E-state index in [0.29, 0.717) is 53.8 Å². The smallest absolute Gasteiger partial charge is 0.323 e. The molecule has 1 aliphatic heterocycles. The highest BCUT2D eigenvalue weighted by molar-refractivity contribution is 7.94. The predicted molar refractivity (Wildman–Crippen MR) is 162 cm³/mol. The number of urea groups is 1. The molecule has 210 valence electrons. The third-order valence-electron chi connectivity index (χ3n) is 6.76. The molecule has 0 spiro atoms. The summed E-state index contributed by atoms with van der Waals surface area (Å²) in [4.78, 5) is 44.6. The Labute approximate surface area is 243 Å². The number of nitrogens with one attached hydrogen (secondary N) is 3. The number of carbonyl (C=O) groups excluding carboxylic acids is 3. The van der Waals surface area contributed by atoms with E-state index in [1.165, 1.54) is 23.1 Å². The number of hydrogen-bond acceptors (Lipinski definition) is 6. The van der Waals surface area contributed by atoms with Gasteiger partial charge in [0.25, 0.3) is 11.7 Å². The molecule has 2 aromatic carbocycles. The van der Waals surface area contributed by atoms with Gasteiger partial charge in [0.15, 0.2) is 0 Å². The fourth-order valence-corrected chi connectivity index (χ4v) is 5.20. The lowest BCUT2D eigenvalue weighted by atomic mass is 9.93. The molecule has 4 rings (SSSR count). The number of likely N-dealkylation sites (tertiary alicyclic amines) is 1. The van der Waals surface area contributed by atoms with Crippen molar-refractivity contribution >= 4 is 52.0 Å². The zero-order valence-corrected chi connectivity index (χ0v) is 23.9. The zero-order valence-electron chi connectivity index (χ0n) is 23.1. The molecule has 0 atom stereocenters. The first-order valence-electron chi connectivity index (χ1n) is 13.1. The Kier molecular flexibility index (Phi) is 9.79. The van der Waals surface area contributed by atoms with Crippen LogP contribution in [0, 0.1) is 11.3 Å². The van der Waals surface area contributed by atoms with Crippen LogP contribution >= 0.6 is 12.0 Å². The van der Waals surface area contributed by atoms with Gasteiger partial charge in [-0.25, -0.2) is 4.79 Å². The van der Waals surface area contributed by atoms with Crippen molar-refractivity contribution in [1.29, 1.82) is 5.26 Å². The second-order valence-corrected chi connectivity index (χ2v) is 10.2. The Balaban J connectivity index is 1.44. The fraction of sp³-hybridized carbons (Fsp3) is 0.226. The van der Waals surface area contributed by atoms with Gasteiger partial charge in [-0.05, 0) is 68.2 Å². The van der Waals surface area contributed by atoms with Crippen LogP contribution in [0.25, 0.3) is 10.9 Å². The van der Waals surface area contributed by atoms with Crippen molar-refractivity contribution in [2.75, 3.05) is 30.8 Å². The summed E-state index contributed by atoms with van der Waals surface area (Å²) in [6.45, 7) is 4.51. The number of benzene rings is 2. The first-order valence-corrected chi connectivity index (χ1v) is 13.9. The van der Waals surface area contributed by atoms with Crippen LogP contribution in [0.2, 0.25) is 0 Å². The molecule has 0 bridgehead atoms. The second-order valence-electron chi connectivity index (χ2n) is 9.24. The van der Waals surface area contributed by atoms with E-state index >= 15 is 0 Å². The number of fused-ring (bicyclic) bond motifs is 1. The van der Waals surface area contributed by atoms with E-state index in [-0.39, 0.29) is 5.56 Å². The Morgan fingerprint density at radius 1 is 1.07 bits per heavy atom. The zero-order chi connectivity index (χ0) is 29.4. The molecule has 0 aliphatic carbocycles. The highest BCUT2D eigenvalue weighted by Crippen LogP contribution is 2.29. The minimum atomic E-state index is -0.622. The number of anilines is 2. The van der Waals surface area contributed by atoms with Crippen LogP contribution in [-0.2, 0) is 8.98 Å². The van der Waals surface area contributed by atoms with E-state index in [0.717, 1.165) is 16.0 Å². The molecule has 1 aliphatic rings. The van der Waals surface area contributed by atoms with E-state index < -0.39 is 17.7 Å². The maximum Gasteiger partial charge on any atom is 0.323 e. The average molecular weight is 570 g/mol. The molecule has 41 heavy (non-hydrogen) atoms. The normalized spacial score (nSPS) is 13.8. The molecule has 1 aromatic heterocycles. The number of rotatable bonds is 8. The number of aromatic nitrogens is 1. The number of carbonyl (C=O) groups is 3. The number of piperidine rings is 1. The van der Waals surface area contributed by atoms with E-state index in [1.807, 2.05) is 44.2 Å². The molecular formula is C31H31N5O4S. The summed E-state index contributed by atoms with van der Waals surface area (Å²) < 4.78 is 5.02. The number of ketones is 1. The summed E-state index contributed by atoms with van der Waals surface area (Å²) in [5, 5.41) is 15.8. The number of H-pyrrole nitrogens is 1. The van der Waals surface area contributed by atoms with Crippen molar-refractivity contribution in [3.05, 3.63) is 89.2 Å². The van der Waals surface area contributed by atoms with Crippen molar-refractivity contribution in [2.24, 2.45) is 0 Å². The Morgan fingerprint density at radius 2 is 1.80 bits per heavy atom. The number of para-hydroxylation sites is 1. The molecule has 3 amide bonds. The van der Waals surface area contributed by atoms with Gasteiger partial charge in [0, 0.05) is 47.3 Å². The SMILES string of the molecule is CC=CC(=CC)C(C#N)=C1CCN(C(=O)C(=O)c2c[nH]c3c(NC(=O)Nc4ccc(SOC)cc4)cccc23)CC1. The van der Waals surface area contributed by atoms with Crippen molar-refractivity contribution in [2.45, 2.75) is 31.6 Å². The van der Waals surface area contributed by atoms with Crippen LogP contribution in [0.4, 0.5) is 16.2 Å². The molecule has 0 radical (unpaired) electrons. The standard InChI is InChI=1S/C31H31N5O4S/c1-4-7-20(5-2)25(18-32)21-14-16-36(17-15-21)30(38)29(37)26-19-33-28-24(26)8-6-9-27(28)35-31(39)34-22-10-12-23(13-11-22)41-40-3/h4-13,19,33H,14-17H2,1-3H3,(H2,34,35,39). The van der Waals surface area contributed by atoms with Crippen LogP contribution in [-0.4, -0.2) is 47.8 Å². The molecule has 1 saturated heterocycles. The summed E-state index contributed by atoms with van der Waals surface area (Å²) in [5.41, 5.74) is 4.33. The van der Waals surface area contributed by atoms with Crippen LogP contribution in [0.15, 0.2) is 88.5 Å². The van der Waals surface area contributed by atoms with Crippen molar-refractivity contribution in [3.63, 3.8) is 0 Å². The van der Waals surface area contributed by atoms with E-state index in [9.17, 15) is 19.6 Å². The third kappa shape index (κ3) is 6.77. The van der Waals surface area contributed by atoms with Gasteiger partial charge in [-0.1, -0.05) is 30.4 Å². The van der Waals surface area contributed by atoms with Gasteiger partial charge in [0.1, 0.15) is 0 Å². The monoisotopic (exact) mass is 569 g/mol. The largest absolute Gasteiger partial charge is 0.359 e. The van der Waals surface area contributed by atoms with Gasteiger partial charge in [-0.15, -0.1) is 0 Å². The van der Waals surface area contributed by atoms with E-state index in [4.69, 9.17) is 4.18 Å². The van der Waals surface area contributed by atoms with Crippen molar-refractivity contribution < 1.29 is 18.6 Å². The summed E-state index contributed by atoms with van der Waals surface area (Å²) in [7, 11) is 1.58. The summed E-state index contributed by atoms with van der Waals surface area (Å²) in [6.07, 6.45) is 8.25. The maximum atomic E-state index is 13.3. The number of nitriles is 1. The number of nitrogens with zero attached hydrogens (tertiary/aromatic N) is 2. The maximum absolute atomic E-state index is 13.3. The Morgan fingerprint density at radius 3 is 2.44 bits per heavy atom. The fourth-order valence-electron chi connectivity index (χ4n) is 4.76. The lowest BCUT2D eigenvalue weighted by Crippen LogP contribution is -2.40. The lowest BCUT2D eigenvalue weighted by molar-refractivity contribution is -0.126. The number of amides is 3. The number of allylic oxidation sites excluding steroid dienone is 5. The van der Waals surface area contributed by atoms with Crippen LogP contribution < -0.4 is 10.6 Å². The number of hydrogen-bond donors (Lipinski definition) is 3. The molecule has 0 unspecified atom stereocenters. The lowest BCUT2D eigenvalue weighted by Gasteiger charge is -2.28. The Bertz CT molecular complexity index is 1580. The third-order valence-corrected chi connectivity index (χ3v) is 7.39. The average Bonchev–Trinajstić information content (AvgIpc) is 3.43. The van der Waals surface area contributed by atoms with Gasteiger partial charge in [-0.2, -0.15) is 5.26 Å². The van der Waals surface area contributed by atoms with Crippen LogP contribution in [0.1, 0.15) is 37.0 Å². The highest BCUT2D eigenvalue weighted by Gasteiger charge is 2.29. The quantitative estimate of drug-likeness (QED) is 0.0921. The molecule has 3 N–H and O–H groups in total. The second kappa shape index (κ2) is 13.7. The summed E-state index contributed by atoms with van der Waals surface area (Å²) in [5.74, 6) is -1.21. The van der Waals surface area contributed by atoms with Gasteiger partial charge >= 0.3 is 6.03 Å². The van der Waals surface area contributed by atoms with Crippen LogP contribution in [0.3, 0.4) is 0 Å². The first-order chi connectivity index (χ1) is 19.9. The van der Waals surface area contributed by atoms with Crippen molar-refractivity contribution in [1.82, 2.24) is 9.88 Å². The van der Waals surface area contributed by atoms with E-state index in [1.54, 1.807) is 37.4 Å². The van der Waals surface area contributed by atoms with Gasteiger partial charge in [0.05, 0.1) is 35.5 Å². The molecule has 0 saturated carbocycles. The highest BCUT2D eigenvalue weighted by atomic mass is 32.2. The van der Waals surface area contributed by atoms with Crippen molar-refractivity contribution in [3.8, 4) is 6.07 Å². The Hall–Kier alpha value is -4.59. The predicted octanol–water partition coefficient (Wildman–Crippen LogP) is 6.61. The molecule has 10 heteroatoms. The molecule has 1 fully saturated rings. The molecule has 9 nitrogen and oxygen atoms in total. The number of Topliss-reactive ketones (excluding diaryl/α,β-unsaturated/α-hetero) is 1. The molecule has 3 aromatic rings. The van der Waals surface area contributed by atoms with Gasteiger partial charge < -0.3 is 24.7 Å². The summed E-state index contributed by atoms with van der Waals surface area (Å²) in [6, 6.07) is 14.2. The topological polar surface area (TPSA) is 127 Å². The van der Waals surface area contributed by atoms with Gasteiger partial charge in [0.2, 0.25) is 0 Å². The first kappa shape index (κ1) is 29.4. The molecule has 2 heterocycles. The summed E-state index contributed by atoms with van der Waals surface area (Å²) >= 11 is 1.22. The minimum Gasteiger partial charge on any atom is -0.359 e. The van der Waals surface area contributed by atoms with Crippen LogP contribution in [0.5, 0.6) is 0 Å². The molecular weight excluding hydrogens is 538 g/mol. The van der Waals surface area contributed by atoms with E-state index in [2.05, 4.69) is 21.7 Å². The van der Waals surface area contributed by atoms with Gasteiger partial charge in [-0.3, -0.25) is 9.59 Å². The number of aromatic amines is 1. The minimum absolute atomic E-state index is 0.239.